The van der Waals surface area contributed by atoms with Crippen LogP contribution in [-0.4, -0.2) is 49.3 Å². The third-order valence-corrected chi connectivity index (χ3v) is 5.84. The van der Waals surface area contributed by atoms with Crippen LogP contribution in [0.5, 0.6) is 5.75 Å². The highest BCUT2D eigenvalue weighted by molar-refractivity contribution is 5.94. The van der Waals surface area contributed by atoms with Crippen molar-refractivity contribution in [3.63, 3.8) is 0 Å². The summed E-state index contributed by atoms with van der Waals surface area (Å²) >= 11 is 0. The Morgan fingerprint density at radius 3 is 2.55 bits per heavy atom. The molecule has 8 heteroatoms. The smallest absolute Gasteiger partial charge is 0.227 e. The minimum Gasteiger partial charge on any atom is -0.495 e. The van der Waals surface area contributed by atoms with E-state index in [2.05, 4.69) is 25.5 Å². The molecule has 2 heterocycles. The van der Waals surface area contributed by atoms with Gasteiger partial charge in [0.15, 0.2) is 0 Å². The molecule has 33 heavy (non-hydrogen) atoms. The first-order chi connectivity index (χ1) is 16.2. The summed E-state index contributed by atoms with van der Waals surface area (Å²) < 4.78 is 11.1. The van der Waals surface area contributed by atoms with Gasteiger partial charge in [0.25, 0.3) is 0 Å². The number of ether oxygens (including phenoxy) is 2. The summed E-state index contributed by atoms with van der Waals surface area (Å²) in [6.45, 7) is 3.13. The number of morpholine rings is 1. The lowest BCUT2D eigenvalue weighted by atomic mass is 10.1. The molecule has 0 spiro atoms. The van der Waals surface area contributed by atoms with E-state index in [9.17, 15) is 4.79 Å². The fraction of sp³-hybridized carbons (Fsp3) is 0.320. The second-order valence-corrected chi connectivity index (χ2v) is 8.22. The first-order valence-electron chi connectivity index (χ1n) is 11.2. The van der Waals surface area contributed by atoms with Gasteiger partial charge < -0.3 is 25.0 Å². The van der Waals surface area contributed by atoms with Crippen LogP contribution in [0, 0.1) is 5.92 Å². The van der Waals surface area contributed by atoms with Gasteiger partial charge in [-0.05, 0) is 43.2 Å². The summed E-state index contributed by atoms with van der Waals surface area (Å²) in [5, 5.41) is 6.23. The van der Waals surface area contributed by atoms with Crippen LogP contribution in [0.1, 0.15) is 12.8 Å². The standard InChI is InChI=1S/C25H27N5O3/c1-32-23-16-20(8-9-22(23)30-12-14-33-15-13-30)28-25-26-11-10-21(29-25)17-4-6-19(7-5-17)27-24(31)18-2-3-18/h4-11,16,18H,2-3,12-15H2,1H3,(H,27,31)(H,26,28,29). The third-order valence-electron chi connectivity index (χ3n) is 5.84. The molecule has 8 nitrogen and oxygen atoms in total. The Kier molecular flexibility index (Phi) is 6.08. The highest BCUT2D eigenvalue weighted by Gasteiger charge is 2.29. The minimum atomic E-state index is 0.103. The van der Waals surface area contributed by atoms with Gasteiger partial charge in [0, 0.05) is 48.2 Å². The molecule has 1 aliphatic carbocycles. The molecule has 170 valence electrons. The molecule has 1 saturated heterocycles. The predicted molar refractivity (Wildman–Crippen MR) is 128 cm³/mol. The van der Waals surface area contributed by atoms with Crippen molar-refractivity contribution in [3.8, 4) is 17.0 Å². The number of carbonyl (C=O) groups excluding carboxylic acids is 1. The zero-order chi connectivity index (χ0) is 22.6. The monoisotopic (exact) mass is 445 g/mol. The lowest BCUT2D eigenvalue weighted by Crippen LogP contribution is -2.36. The van der Waals surface area contributed by atoms with Gasteiger partial charge >= 0.3 is 0 Å². The molecule has 1 aliphatic heterocycles. The molecule has 2 aliphatic rings. The summed E-state index contributed by atoms with van der Waals surface area (Å²) in [6, 6.07) is 15.6. The van der Waals surface area contributed by atoms with E-state index in [1.165, 1.54) is 0 Å². The lowest BCUT2D eigenvalue weighted by Gasteiger charge is -2.30. The molecule has 0 bridgehead atoms. The molecule has 1 amide bonds. The van der Waals surface area contributed by atoms with E-state index in [0.717, 1.165) is 73.2 Å². The average Bonchev–Trinajstić information content (AvgIpc) is 3.71. The number of nitrogens with one attached hydrogen (secondary N) is 2. The number of nitrogens with zero attached hydrogens (tertiary/aromatic N) is 3. The zero-order valence-corrected chi connectivity index (χ0v) is 18.6. The van der Waals surface area contributed by atoms with E-state index in [0.29, 0.717) is 5.95 Å². The van der Waals surface area contributed by atoms with E-state index in [-0.39, 0.29) is 11.8 Å². The Balaban J connectivity index is 1.29. The van der Waals surface area contributed by atoms with Crippen LogP contribution in [-0.2, 0) is 9.53 Å². The Labute approximate surface area is 193 Å². The predicted octanol–water partition coefficient (Wildman–Crippen LogP) is 4.08. The van der Waals surface area contributed by atoms with Gasteiger partial charge in [-0.25, -0.2) is 9.97 Å². The molecule has 2 aromatic carbocycles. The number of anilines is 4. The van der Waals surface area contributed by atoms with Crippen LogP contribution >= 0.6 is 0 Å². The molecule has 2 fully saturated rings. The van der Waals surface area contributed by atoms with E-state index in [1.54, 1.807) is 13.3 Å². The van der Waals surface area contributed by atoms with Crippen LogP contribution in [0.25, 0.3) is 11.3 Å². The summed E-state index contributed by atoms with van der Waals surface area (Å²) in [7, 11) is 1.68. The van der Waals surface area contributed by atoms with Crippen molar-refractivity contribution in [2.45, 2.75) is 12.8 Å². The Bertz CT molecular complexity index is 1130. The third kappa shape index (κ3) is 5.06. The van der Waals surface area contributed by atoms with Crippen LogP contribution in [0.4, 0.5) is 23.0 Å². The van der Waals surface area contributed by atoms with Crippen molar-refractivity contribution in [1.82, 2.24) is 9.97 Å². The molecule has 1 saturated carbocycles. The number of methoxy groups -OCH3 is 1. The molecule has 0 atom stereocenters. The van der Waals surface area contributed by atoms with Crippen molar-refractivity contribution in [1.29, 1.82) is 0 Å². The lowest BCUT2D eigenvalue weighted by molar-refractivity contribution is -0.117. The van der Waals surface area contributed by atoms with E-state index in [4.69, 9.17) is 9.47 Å². The van der Waals surface area contributed by atoms with Crippen molar-refractivity contribution in [3.05, 3.63) is 54.7 Å². The van der Waals surface area contributed by atoms with E-state index < -0.39 is 0 Å². The number of amides is 1. The molecule has 3 aromatic rings. The fourth-order valence-corrected chi connectivity index (χ4v) is 3.84. The Hall–Kier alpha value is -3.65. The number of benzene rings is 2. The van der Waals surface area contributed by atoms with Crippen LogP contribution in [0.2, 0.25) is 0 Å². The maximum absolute atomic E-state index is 11.9. The van der Waals surface area contributed by atoms with Crippen molar-refractivity contribution in [2.75, 3.05) is 48.9 Å². The quantitative estimate of drug-likeness (QED) is 0.566. The number of aromatic nitrogens is 2. The summed E-state index contributed by atoms with van der Waals surface area (Å²) in [4.78, 5) is 23.2. The Morgan fingerprint density at radius 2 is 1.82 bits per heavy atom. The highest BCUT2D eigenvalue weighted by Crippen LogP contribution is 2.33. The van der Waals surface area contributed by atoms with E-state index in [1.807, 2.05) is 48.5 Å². The topological polar surface area (TPSA) is 88.6 Å². The van der Waals surface area contributed by atoms with E-state index >= 15 is 0 Å². The number of rotatable bonds is 7. The molecule has 1 aromatic heterocycles. The van der Waals surface area contributed by atoms with Gasteiger partial charge in [-0.2, -0.15) is 0 Å². The maximum Gasteiger partial charge on any atom is 0.227 e. The van der Waals surface area contributed by atoms with Crippen LogP contribution in [0.15, 0.2) is 54.7 Å². The van der Waals surface area contributed by atoms with Gasteiger partial charge in [0.1, 0.15) is 5.75 Å². The Morgan fingerprint density at radius 1 is 1.06 bits per heavy atom. The molecule has 0 radical (unpaired) electrons. The van der Waals surface area contributed by atoms with Crippen LogP contribution < -0.4 is 20.3 Å². The number of hydrogen-bond acceptors (Lipinski definition) is 7. The summed E-state index contributed by atoms with van der Waals surface area (Å²) in [5.41, 5.74) is 4.44. The zero-order valence-electron chi connectivity index (χ0n) is 18.6. The maximum atomic E-state index is 11.9. The number of carbonyl (C=O) groups is 1. The minimum absolute atomic E-state index is 0.103. The second kappa shape index (κ2) is 9.46. The second-order valence-electron chi connectivity index (χ2n) is 8.22. The van der Waals surface area contributed by atoms with Gasteiger partial charge in [0.2, 0.25) is 11.9 Å². The van der Waals surface area contributed by atoms with Gasteiger partial charge in [0.05, 0.1) is 31.7 Å². The molecule has 0 unspecified atom stereocenters. The normalized spacial score (nSPS) is 15.7. The first kappa shape index (κ1) is 21.2. The largest absolute Gasteiger partial charge is 0.495 e. The van der Waals surface area contributed by atoms with Crippen molar-refractivity contribution in [2.24, 2.45) is 5.92 Å². The molecule has 5 rings (SSSR count). The highest BCUT2D eigenvalue weighted by atomic mass is 16.5. The molecular weight excluding hydrogens is 418 g/mol. The summed E-state index contributed by atoms with van der Waals surface area (Å²) in [5.74, 6) is 1.58. The van der Waals surface area contributed by atoms with Gasteiger partial charge in [-0.3, -0.25) is 4.79 Å². The SMILES string of the molecule is COc1cc(Nc2nccc(-c3ccc(NC(=O)C4CC4)cc3)n2)ccc1N1CCOCC1. The average molecular weight is 446 g/mol. The van der Waals surface area contributed by atoms with Crippen LogP contribution in [0.3, 0.4) is 0 Å². The fourth-order valence-electron chi connectivity index (χ4n) is 3.84. The molecular formula is C25H27N5O3. The first-order valence-corrected chi connectivity index (χ1v) is 11.2. The number of hydrogen-bond donors (Lipinski definition) is 2. The van der Waals surface area contributed by atoms with Crippen molar-refractivity contribution < 1.29 is 14.3 Å². The molecule has 2 N–H and O–H groups in total. The van der Waals surface area contributed by atoms with Gasteiger partial charge in [-0.1, -0.05) is 12.1 Å². The van der Waals surface area contributed by atoms with Crippen molar-refractivity contribution >= 4 is 28.9 Å². The summed E-state index contributed by atoms with van der Waals surface area (Å²) in [6.07, 6.45) is 3.71. The van der Waals surface area contributed by atoms with Gasteiger partial charge in [-0.15, -0.1) is 0 Å².